The van der Waals surface area contributed by atoms with Gasteiger partial charge in [0.1, 0.15) is 12.4 Å². The molecule has 1 aliphatic rings. The molecule has 1 aromatic rings. The van der Waals surface area contributed by atoms with Crippen molar-refractivity contribution < 1.29 is 9.53 Å². The smallest absolute Gasteiger partial charge is 0.223 e. The van der Waals surface area contributed by atoms with Crippen LogP contribution >= 0.6 is 12.4 Å². The number of para-hydroxylation sites is 1. The van der Waals surface area contributed by atoms with E-state index in [1.807, 2.05) is 18.2 Å². The van der Waals surface area contributed by atoms with Gasteiger partial charge in [0.05, 0.1) is 6.54 Å². The van der Waals surface area contributed by atoms with Crippen LogP contribution in [-0.2, 0) is 10.2 Å². The fourth-order valence-electron chi connectivity index (χ4n) is 3.06. The number of rotatable bonds is 5. The SMILES string of the molecule is C[C@H]1C[C@@H](C(=O)NCCOc2ccccc2C(C)(C)C)CCN1.Cl. The Hall–Kier alpha value is -1.26. The lowest BCUT2D eigenvalue weighted by molar-refractivity contribution is -0.126. The number of carbonyl (C=O) groups excluding carboxylic acids is 1. The highest BCUT2D eigenvalue weighted by atomic mass is 35.5. The molecular weight excluding hydrogens is 324 g/mol. The van der Waals surface area contributed by atoms with Gasteiger partial charge in [-0.1, -0.05) is 39.0 Å². The zero-order chi connectivity index (χ0) is 16.9. The Labute approximate surface area is 152 Å². The number of carbonyl (C=O) groups is 1. The van der Waals surface area contributed by atoms with Crippen molar-refractivity contribution in [3.8, 4) is 5.75 Å². The summed E-state index contributed by atoms with van der Waals surface area (Å²) in [6, 6.07) is 8.54. The molecule has 0 unspecified atom stereocenters. The highest BCUT2D eigenvalue weighted by Crippen LogP contribution is 2.30. The zero-order valence-corrected chi connectivity index (χ0v) is 16.0. The summed E-state index contributed by atoms with van der Waals surface area (Å²) in [7, 11) is 0. The Morgan fingerprint density at radius 3 is 2.71 bits per heavy atom. The first-order valence-corrected chi connectivity index (χ1v) is 8.61. The number of nitrogens with one attached hydrogen (secondary N) is 2. The summed E-state index contributed by atoms with van der Waals surface area (Å²) in [5.74, 6) is 1.20. The van der Waals surface area contributed by atoms with Crippen LogP contribution in [0.2, 0.25) is 0 Å². The van der Waals surface area contributed by atoms with E-state index in [1.54, 1.807) is 0 Å². The molecular formula is C19H31ClN2O2. The number of hydrogen-bond acceptors (Lipinski definition) is 3. The molecule has 136 valence electrons. The normalized spacial score (nSPS) is 20.8. The molecule has 5 heteroatoms. The van der Waals surface area contributed by atoms with E-state index in [0.29, 0.717) is 19.2 Å². The van der Waals surface area contributed by atoms with Gasteiger partial charge in [-0.3, -0.25) is 4.79 Å². The third kappa shape index (κ3) is 5.99. The van der Waals surface area contributed by atoms with Crippen molar-refractivity contribution in [3.63, 3.8) is 0 Å². The second-order valence-electron chi connectivity index (χ2n) is 7.46. The van der Waals surface area contributed by atoms with Crippen LogP contribution in [0.4, 0.5) is 0 Å². The molecule has 0 aromatic heterocycles. The number of hydrogen-bond donors (Lipinski definition) is 2. The molecule has 1 aliphatic heterocycles. The van der Waals surface area contributed by atoms with Crippen molar-refractivity contribution in [1.82, 2.24) is 10.6 Å². The standard InChI is InChI=1S/C19H30N2O2.ClH/c1-14-13-15(9-10-20-14)18(22)21-11-12-23-17-8-6-5-7-16(17)19(2,3)4;/h5-8,14-15,20H,9-13H2,1-4H3,(H,21,22);1H/t14-,15-;/m0./s1. The van der Waals surface area contributed by atoms with Gasteiger partial charge in [0, 0.05) is 12.0 Å². The third-order valence-corrected chi connectivity index (χ3v) is 4.35. The van der Waals surface area contributed by atoms with E-state index in [2.05, 4.69) is 44.4 Å². The molecule has 1 heterocycles. The molecule has 4 nitrogen and oxygen atoms in total. The van der Waals surface area contributed by atoms with E-state index in [9.17, 15) is 4.79 Å². The monoisotopic (exact) mass is 354 g/mol. The van der Waals surface area contributed by atoms with E-state index >= 15 is 0 Å². The molecule has 1 fully saturated rings. The molecule has 0 spiro atoms. The predicted molar refractivity (Wildman–Crippen MR) is 101 cm³/mol. The fraction of sp³-hybridized carbons (Fsp3) is 0.632. The summed E-state index contributed by atoms with van der Waals surface area (Å²) in [6.45, 7) is 10.6. The lowest BCUT2D eigenvalue weighted by Crippen LogP contribution is -2.43. The lowest BCUT2D eigenvalue weighted by Gasteiger charge is -2.27. The number of ether oxygens (including phenoxy) is 1. The van der Waals surface area contributed by atoms with Crippen molar-refractivity contribution in [2.24, 2.45) is 5.92 Å². The van der Waals surface area contributed by atoms with E-state index < -0.39 is 0 Å². The van der Waals surface area contributed by atoms with Crippen molar-refractivity contribution in [2.45, 2.75) is 52.0 Å². The lowest BCUT2D eigenvalue weighted by atomic mass is 9.86. The van der Waals surface area contributed by atoms with Crippen LogP contribution in [0.25, 0.3) is 0 Å². The molecule has 0 aliphatic carbocycles. The largest absolute Gasteiger partial charge is 0.491 e. The Morgan fingerprint density at radius 2 is 2.04 bits per heavy atom. The number of amides is 1. The van der Waals surface area contributed by atoms with Gasteiger partial charge in [0.15, 0.2) is 0 Å². The average molecular weight is 355 g/mol. The van der Waals surface area contributed by atoms with Crippen molar-refractivity contribution >= 4 is 18.3 Å². The minimum absolute atomic E-state index is 0. The molecule has 1 amide bonds. The van der Waals surface area contributed by atoms with E-state index in [1.165, 1.54) is 5.56 Å². The summed E-state index contributed by atoms with van der Waals surface area (Å²) in [5, 5.41) is 6.38. The number of halogens is 1. The topological polar surface area (TPSA) is 50.4 Å². The Balaban J connectivity index is 0.00000288. The maximum atomic E-state index is 12.2. The first-order chi connectivity index (χ1) is 10.9. The van der Waals surface area contributed by atoms with Crippen LogP contribution in [0.5, 0.6) is 5.75 Å². The molecule has 1 aromatic carbocycles. The second kappa shape index (κ2) is 9.28. The van der Waals surface area contributed by atoms with Gasteiger partial charge in [-0.15, -0.1) is 12.4 Å². The summed E-state index contributed by atoms with van der Waals surface area (Å²) in [5.41, 5.74) is 1.24. The third-order valence-electron chi connectivity index (χ3n) is 4.35. The fourth-order valence-corrected chi connectivity index (χ4v) is 3.06. The minimum atomic E-state index is 0. The van der Waals surface area contributed by atoms with Crippen molar-refractivity contribution in [2.75, 3.05) is 19.7 Å². The van der Waals surface area contributed by atoms with E-state index in [4.69, 9.17) is 4.74 Å². The second-order valence-corrected chi connectivity index (χ2v) is 7.46. The van der Waals surface area contributed by atoms with E-state index in [-0.39, 0.29) is 29.6 Å². The van der Waals surface area contributed by atoms with Crippen LogP contribution < -0.4 is 15.4 Å². The quantitative estimate of drug-likeness (QED) is 0.798. The van der Waals surface area contributed by atoms with Crippen LogP contribution in [0, 0.1) is 5.92 Å². The first kappa shape index (κ1) is 20.8. The van der Waals surface area contributed by atoms with Gasteiger partial charge < -0.3 is 15.4 Å². The molecule has 1 saturated heterocycles. The van der Waals surface area contributed by atoms with Crippen LogP contribution in [-0.4, -0.2) is 31.6 Å². The van der Waals surface area contributed by atoms with Gasteiger partial charge in [-0.25, -0.2) is 0 Å². The highest BCUT2D eigenvalue weighted by molar-refractivity contribution is 5.85. The molecule has 2 atom stereocenters. The maximum Gasteiger partial charge on any atom is 0.223 e. The van der Waals surface area contributed by atoms with Crippen LogP contribution in [0.1, 0.15) is 46.1 Å². The molecule has 0 bridgehead atoms. The van der Waals surface area contributed by atoms with Gasteiger partial charge >= 0.3 is 0 Å². The number of benzene rings is 1. The van der Waals surface area contributed by atoms with Gasteiger partial charge in [0.2, 0.25) is 5.91 Å². The first-order valence-electron chi connectivity index (χ1n) is 8.61. The Bertz CT molecular complexity index is 528. The summed E-state index contributed by atoms with van der Waals surface area (Å²) >= 11 is 0. The van der Waals surface area contributed by atoms with Crippen LogP contribution in [0.15, 0.2) is 24.3 Å². The summed E-state index contributed by atoms with van der Waals surface area (Å²) < 4.78 is 5.90. The van der Waals surface area contributed by atoms with E-state index in [0.717, 1.165) is 25.1 Å². The summed E-state index contributed by atoms with van der Waals surface area (Å²) in [6.07, 6.45) is 1.84. The Kier molecular flexibility index (Phi) is 8.04. The zero-order valence-electron chi connectivity index (χ0n) is 15.2. The van der Waals surface area contributed by atoms with Gasteiger partial charge in [-0.05, 0) is 43.4 Å². The Morgan fingerprint density at radius 1 is 1.33 bits per heavy atom. The van der Waals surface area contributed by atoms with Crippen molar-refractivity contribution in [3.05, 3.63) is 29.8 Å². The van der Waals surface area contributed by atoms with Crippen LogP contribution in [0.3, 0.4) is 0 Å². The van der Waals surface area contributed by atoms with Gasteiger partial charge in [0.25, 0.3) is 0 Å². The van der Waals surface area contributed by atoms with Gasteiger partial charge in [-0.2, -0.15) is 0 Å². The molecule has 2 rings (SSSR count). The molecule has 24 heavy (non-hydrogen) atoms. The highest BCUT2D eigenvalue weighted by Gasteiger charge is 2.24. The summed E-state index contributed by atoms with van der Waals surface area (Å²) in [4.78, 5) is 12.2. The van der Waals surface area contributed by atoms with Crippen molar-refractivity contribution in [1.29, 1.82) is 0 Å². The molecule has 0 radical (unpaired) electrons. The minimum Gasteiger partial charge on any atom is -0.491 e. The predicted octanol–water partition coefficient (Wildman–Crippen LogP) is 3.29. The molecule has 0 saturated carbocycles. The maximum absolute atomic E-state index is 12.2. The molecule has 2 N–H and O–H groups in total. The average Bonchev–Trinajstić information content (AvgIpc) is 2.51. The number of piperidine rings is 1.